The molecule has 1 unspecified atom stereocenters. The van der Waals surface area contributed by atoms with E-state index in [0.717, 1.165) is 55.5 Å². The third-order valence-electron chi connectivity index (χ3n) is 5.24. The van der Waals surface area contributed by atoms with Gasteiger partial charge in [0.2, 0.25) is 0 Å². The van der Waals surface area contributed by atoms with Gasteiger partial charge in [0.1, 0.15) is 6.61 Å². The largest absolute Gasteiger partial charge is 0.493 e. The van der Waals surface area contributed by atoms with Crippen LogP contribution in [0.5, 0.6) is 11.5 Å². The van der Waals surface area contributed by atoms with Crippen LogP contribution in [0.3, 0.4) is 0 Å². The van der Waals surface area contributed by atoms with Crippen LogP contribution in [0.2, 0.25) is 0 Å². The molecule has 0 fully saturated rings. The highest BCUT2D eigenvalue weighted by atomic mass is 16.5. The number of hydrogen-bond acceptors (Lipinski definition) is 5. The SMILES string of the molecule is CCN(CC)CCOc1cc2c(cc1OC)CCNC2c1cccc(C)n1. The van der Waals surface area contributed by atoms with Crippen molar-refractivity contribution < 1.29 is 9.47 Å². The number of hydrogen-bond donors (Lipinski definition) is 1. The average Bonchev–Trinajstić information content (AvgIpc) is 2.70. The van der Waals surface area contributed by atoms with Crippen LogP contribution in [0.4, 0.5) is 0 Å². The summed E-state index contributed by atoms with van der Waals surface area (Å²) in [6.07, 6.45) is 0.980. The van der Waals surface area contributed by atoms with Gasteiger partial charge in [0.15, 0.2) is 11.5 Å². The summed E-state index contributed by atoms with van der Waals surface area (Å²) in [5, 5.41) is 3.61. The number of fused-ring (bicyclic) bond motifs is 1. The number of ether oxygens (including phenoxy) is 2. The predicted octanol–water partition coefficient (Wildman–Crippen LogP) is 3.35. The van der Waals surface area contributed by atoms with Crippen LogP contribution >= 0.6 is 0 Å². The Labute approximate surface area is 162 Å². The Balaban J connectivity index is 1.86. The first-order valence-corrected chi connectivity index (χ1v) is 9.89. The lowest BCUT2D eigenvalue weighted by molar-refractivity contribution is 0.217. The van der Waals surface area contributed by atoms with E-state index in [9.17, 15) is 0 Å². The van der Waals surface area contributed by atoms with Gasteiger partial charge in [-0.25, -0.2) is 0 Å². The van der Waals surface area contributed by atoms with Gasteiger partial charge in [-0.3, -0.25) is 4.98 Å². The molecular formula is C22H31N3O2. The molecule has 2 heterocycles. The van der Waals surface area contributed by atoms with E-state index in [0.29, 0.717) is 6.61 Å². The van der Waals surface area contributed by atoms with E-state index in [4.69, 9.17) is 14.5 Å². The minimum Gasteiger partial charge on any atom is -0.493 e. The van der Waals surface area contributed by atoms with E-state index in [2.05, 4.69) is 48.3 Å². The maximum Gasteiger partial charge on any atom is 0.161 e. The molecule has 0 radical (unpaired) electrons. The van der Waals surface area contributed by atoms with E-state index in [1.165, 1.54) is 11.1 Å². The summed E-state index contributed by atoms with van der Waals surface area (Å²) in [7, 11) is 1.71. The zero-order valence-electron chi connectivity index (χ0n) is 16.9. The molecule has 2 aromatic rings. The van der Waals surface area contributed by atoms with Gasteiger partial charge in [-0.1, -0.05) is 19.9 Å². The maximum atomic E-state index is 6.12. The molecule has 0 saturated carbocycles. The monoisotopic (exact) mass is 369 g/mol. The van der Waals surface area contributed by atoms with Gasteiger partial charge in [0, 0.05) is 18.8 Å². The zero-order valence-corrected chi connectivity index (χ0v) is 16.9. The molecule has 1 N–H and O–H groups in total. The number of benzene rings is 1. The van der Waals surface area contributed by atoms with Crippen LogP contribution in [-0.4, -0.2) is 49.8 Å². The smallest absolute Gasteiger partial charge is 0.161 e. The van der Waals surface area contributed by atoms with Crippen LogP contribution < -0.4 is 14.8 Å². The molecule has 1 aromatic carbocycles. The molecule has 0 spiro atoms. The van der Waals surface area contributed by atoms with Gasteiger partial charge in [-0.05, 0) is 61.8 Å². The van der Waals surface area contributed by atoms with Crippen LogP contribution in [0.25, 0.3) is 0 Å². The first-order chi connectivity index (χ1) is 13.2. The van der Waals surface area contributed by atoms with Crippen LogP contribution in [0.1, 0.15) is 42.4 Å². The normalized spacial score (nSPS) is 16.3. The Morgan fingerprint density at radius 3 is 2.70 bits per heavy atom. The van der Waals surface area contributed by atoms with Gasteiger partial charge in [-0.2, -0.15) is 0 Å². The minimum atomic E-state index is 0.0877. The van der Waals surface area contributed by atoms with Gasteiger partial charge < -0.3 is 19.7 Å². The molecule has 1 aliphatic heterocycles. The Kier molecular flexibility index (Phi) is 6.69. The number of rotatable bonds is 8. The molecular weight excluding hydrogens is 338 g/mol. The van der Waals surface area contributed by atoms with Crippen molar-refractivity contribution in [3.63, 3.8) is 0 Å². The highest BCUT2D eigenvalue weighted by Crippen LogP contribution is 2.37. The number of methoxy groups -OCH3 is 1. The second-order valence-electron chi connectivity index (χ2n) is 6.92. The highest BCUT2D eigenvalue weighted by molar-refractivity contribution is 5.51. The number of nitrogens with zero attached hydrogens (tertiary/aromatic N) is 2. The highest BCUT2D eigenvalue weighted by Gasteiger charge is 2.25. The topological polar surface area (TPSA) is 46.6 Å². The lowest BCUT2D eigenvalue weighted by Gasteiger charge is -2.28. The summed E-state index contributed by atoms with van der Waals surface area (Å²) < 4.78 is 11.7. The van der Waals surface area contributed by atoms with Crippen LogP contribution in [0, 0.1) is 6.92 Å². The molecule has 0 aliphatic carbocycles. The number of likely N-dealkylation sites (N-methyl/N-ethyl adjacent to an activating group) is 1. The fraction of sp³-hybridized carbons (Fsp3) is 0.500. The molecule has 3 rings (SSSR count). The van der Waals surface area contributed by atoms with Crippen molar-refractivity contribution in [1.29, 1.82) is 0 Å². The summed E-state index contributed by atoms with van der Waals surface area (Å²) in [5.74, 6) is 1.62. The summed E-state index contributed by atoms with van der Waals surface area (Å²) in [5.41, 5.74) is 4.62. The van der Waals surface area contributed by atoms with Crippen LogP contribution in [-0.2, 0) is 6.42 Å². The molecule has 0 amide bonds. The Morgan fingerprint density at radius 1 is 1.19 bits per heavy atom. The van der Waals surface area contributed by atoms with Crippen molar-refractivity contribution in [3.05, 3.63) is 52.8 Å². The standard InChI is InChI=1S/C22H31N3O2/c1-5-25(6-2)12-13-27-21-15-18-17(14-20(21)26-4)10-11-23-22(18)19-9-7-8-16(3)24-19/h7-9,14-15,22-23H,5-6,10-13H2,1-4H3. The minimum absolute atomic E-state index is 0.0877. The van der Waals surface area contributed by atoms with E-state index in [-0.39, 0.29) is 6.04 Å². The molecule has 27 heavy (non-hydrogen) atoms. The quantitative estimate of drug-likeness (QED) is 0.773. The van der Waals surface area contributed by atoms with Gasteiger partial charge in [0.25, 0.3) is 0 Å². The molecule has 146 valence electrons. The van der Waals surface area contributed by atoms with Crippen molar-refractivity contribution in [3.8, 4) is 11.5 Å². The van der Waals surface area contributed by atoms with Crippen molar-refractivity contribution >= 4 is 0 Å². The Bertz CT molecular complexity index is 759. The summed E-state index contributed by atoms with van der Waals surface area (Å²) >= 11 is 0. The number of nitrogens with one attached hydrogen (secondary N) is 1. The molecule has 1 aliphatic rings. The van der Waals surface area contributed by atoms with Crippen molar-refractivity contribution in [2.45, 2.75) is 33.2 Å². The first-order valence-electron chi connectivity index (χ1n) is 9.89. The van der Waals surface area contributed by atoms with Crippen molar-refractivity contribution in [1.82, 2.24) is 15.2 Å². The Hall–Kier alpha value is -2.11. The van der Waals surface area contributed by atoms with E-state index in [1.54, 1.807) is 7.11 Å². The molecule has 1 atom stereocenters. The molecule has 0 saturated heterocycles. The second kappa shape index (κ2) is 9.20. The van der Waals surface area contributed by atoms with Crippen molar-refractivity contribution in [2.75, 3.05) is 39.9 Å². The third-order valence-corrected chi connectivity index (χ3v) is 5.24. The summed E-state index contributed by atoms with van der Waals surface area (Å²) in [4.78, 5) is 7.09. The van der Waals surface area contributed by atoms with Gasteiger partial charge >= 0.3 is 0 Å². The van der Waals surface area contributed by atoms with Gasteiger partial charge in [0.05, 0.1) is 18.8 Å². The maximum absolute atomic E-state index is 6.12. The molecule has 5 heteroatoms. The van der Waals surface area contributed by atoms with Gasteiger partial charge in [-0.15, -0.1) is 0 Å². The van der Waals surface area contributed by atoms with E-state index >= 15 is 0 Å². The fourth-order valence-electron chi connectivity index (χ4n) is 3.65. The van der Waals surface area contributed by atoms with E-state index in [1.807, 2.05) is 13.0 Å². The van der Waals surface area contributed by atoms with E-state index < -0.39 is 0 Å². The zero-order chi connectivity index (χ0) is 19.2. The first kappa shape index (κ1) is 19.6. The van der Waals surface area contributed by atoms with Crippen molar-refractivity contribution in [2.24, 2.45) is 0 Å². The lowest BCUT2D eigenvalue weighted by atomic mass is 9.91. The molecule has 0 bridgehead atoms. The lowest BCUT2D eigenvalue weighted by Crippen LogP contribution is -2.31. The number of pyridine rings is 1. The summed E-state index contributed by atoms with van der Waals surface area (Å²) in [6.45, 7) is 10.9. The fourth-order valence-corrected chi connectivity index (χ4v) is 3.65. The summed E-state index contributed by atoms with van der Waals surface area (Å²) in [6, 6.07) is 10.5. The Morgan fingerprint density at radius 2 is 2.00 bits per heavy atom. The number of aryl methyl sites for hydroxylation is 1. The predicted molar refractivity (Wildman–Crippen MR) is 109 cm³/mol. The van der Waals surface area contributed by atoms with Crippen LogP contribution in [0.15, 0.2) is 30.3 Å². The molecule has 5 nitrogen and oxygen atoms in total. The second-order valence-corrected chi connectivity index (χ2v) is 6.92. The third kappa shape index (κ3) is 4.60. The average molecular weight is 370 g/mol. The number of aromatic nitrogens is 1. The molecule has 1 aromatic heterocycles.